The number of halogens is 1. The van der Waals surface area contributed by atoms with Crippen LogP contribution in [0.3, 0.4) is 0 Å². The molecule has 0 aliphatic heterocycles. The van der Waals surface area contributed by atoms with E-state index in [1.807, 2.05) is 16.7 Å². The largest absolute Gasteiger partial charge is 0.497 e. The van der Waals surface area contributed by atoms with Crippen molar-refractivity contribution in [3.63, 3.8) is 0 Å². The first kappa shape index (κ1) is 20.6. The standard InChI is InChI=1S/C23H23FN4O3/c1-25-23(29)14-4-7-21-20(10-14)27-22(28(21)8-9-30-2)15-11-19(26-13-15)17-12-16(31-3)5-6-18(17)24/h4-7,10-13,26H,8-9H2,1-3H3,(H,25,29). The number of hydrogen-bond donors (Lipinski definition) is 2. The number of hydrogen-bond acceptors (Lipinski definition) is 4. The number of carbonyl (C=O) groups is 1. The molecule has 1 amide bonds. The minimum absolute atomic E-state index is 0.174. The van der Waals surface area contributed by atoms with Crippen LogP contribution in [0.4, 0.5) is 4.39 Å². The summed E-state index contributed by atoms with van der Waals surface area (Å²) in [6.45, 7) is 1.08. The number of nitrogens with one attached hydrogen (secondary N) is 2. The molecular weight excluding hydrogens is 399 g/mol. The van der Waals surface area contributed by atoms with E-state index < -0.39 is 0 Å². The molecular formula is C23H23FN4O3. The number of imidazole rings is 1. The van der Waals surface area contributed by atoms with Crippen molar-refractivity contribution < 1.29 is 18.7 Å². The Hall–Kier alpha value is -3.65. The molecule has 0 spiro atoms. The maximum Gasteiger partial charge on any atom is 0.251 e. The summed E-state index contributed by atoms with van der Waals surface area (Å²) in [6.07, 6.45) is 1.79. The molecule has 0 radical (unpaired) electrons. The number of benzene rings is 2. The molecule has 8 heteroatoms. The van der Waals surface area contributed by atoms with E-state index in [0.717, 1.165) is 11.1 Å². The van der Waals surface area contributed by atoms with Crippen molar-refractivity contribution in [2.75, 3.05) is 27.9 Å². The van der Waals surface area contributed by atoms with Crippen LogP contribution < -0.4 is 10.1 Å². The molecule has 0 saturated heterocycles. The summed E-state index contributed by atoms with van der Waals surface area (Å²) >= 11 is 0. The lowest BCUT2D eigenvalue weighted by Crippen LogP contribution is -2.17. The Balaban J connectivity index is 1.81. The van der Waals surface area contributed by atoms with E-state index in [1.54, 1.807) is 51.7 Å². The molecule has 0 unspecified atom stereocenters. The van der Waals surface area contributed by atoms with Crippen LogP contribution in [0, 0.1) is 5.82 Å². The Kier molecular flexibility index (Phi) is 5.73. The van der Waals surface area contributed by atoms with E-state index in [2.05, 4.69) is 10.3 Å². The van der Waals surface area contributed by atoms with Gasteiger partial charge in [0.05, 0.1) is 24.8 Å². The molecule has 2 heterocycles. The quantitative estimate of drug-likeness (QED) is 0.474. The topological polar surface area (TPSA) is 81.2 Å². The smallest absolute Gasteiger partial charge is 0.251 e. The fourth-order valence-electron chi connectivity index (χ4n) is 3.56. The van der Waals surface area contributed by atoms with Crippen LogP contribution in [-0.2, 0) is 11.3 Å². The summed E-state index contributed by atoms with van der Waals surface area (Å²) < 4.78 is 26.9. The number of nitrogens with zero attached hydrogens (tertiary/aromatic N) is 2. The third-order valence-corrected chi connectivity index (χ3v) is 5.16. The summed E-state index contributed by atoms with van der Waals surface area (Å²) in [5.74, 6) is 0.748. The van der Waals surface area contributed by atoms with Gasteiger partial charge in [-0.25, -0.2) is 9.37 Å². The second-order valence-corrected chi connectivity index (χ2v) is 7.01. The van der Waals surface area contributed by atoms with Gasteiger partial charge in [0, 0.05) is 49.3 Å². The van der Waals surface area contributed by atoms with Gasteiger partial charge in [-0.2, -0.15) is 0 Å². The number of methoxy groups -OCH3 is 2. The molecule has 0 saturated carbocycles. The number of amides is 1. The average molecular weight is 422 g/mol. The zero-order valence-corrected chi connectivity index (χ0v) is 17.5. The minimum Gasteiger partial charge on any atom is -0.497 e. The van der Waals surface area contributed by atoms with Crippen molar-refractivity contribution in [3.05, 3.63) is 60.0 Å². The molecule has 0 bridgehead atoms. The highest BCUT2D eigenvalue weighted by molar-refractivity contribution is 5.97. The van der Waals surface area contributed by atoms with Gasteiger partial charge in [-0.05, 0) is 42.5 Å². The molecule has 2 N–H and O–H groups in total. The predicted molar refractivity (Wildman–Crippen MR) is 117 cm³/mol. The Morgan fingerprint density at radius 1 is 1.19 bits per heavy atom. The van der Waals surface area contributed by atoms with Gasteiger partial charge in [0.1, 0.15) is 17.4 Å². The van der Waals surface area contributed by atoms with Crippen LogP contribution in [0.15, 0.2) is 48.7 Å². The van der Waals surface area contributed by atoms with Crippen molar-refractivity contribution in [3.8, 4) is 28.4 Å². The average Bonchev–Trinajstić information content (AvgIpc) is 3.41. The summed E-state index contributed by atoms with van der Waals surface area (Å²) in [4.78, 5) is 19.9. The number of fused-ring (bicyclic) bond motifs is 1. The van der Waals surface area contributed by atoms with E-state index in [9.17, 15) is 9.18 Å². The second kappa shape index (κ2) is 8.61. The number of ether oxygens (including phenoxy) is 2. The van der Waals surface area contributed by atoms with Gasteiger partial charge in [-0.1, -0.05) is 0 Å². The van der Waals surface area contributed by atoms with Crippen molar-refractivity contribution in [2.24, 2.45) is 0 Å². The molecule has 0 aliphatic rings. The highest BCUT2D eigenvalue weighted by Crippen LogP contribution is 2.31. The van der Waals surface area contributed by atoms with Crippen LogP contribution in [0.5, 0.6) is 5.75 Å². The monoisotopic (exact) mass is 422 g/mol. The number of H-pyrrole nitrogens is 1. The molecule has 0 aliphatic carbocycles. The molecule has 2 aromatic carbocycles. The fourth-order valence-corrected chi connectivity index (χ4v) is 3.56. The van der Waals surface area contributed by atoms with Crippen LogP contribution in [0.25, 0.3) is 33.7 Å². The van der Waals surface area contributed by atoms with E-state index in [1.165, 1.54) is 6.07 Å². The molecule has 4 rings (SSSR count). The summed E-state index contributed by atoms with van der Waals surface area (Å²) in [5, 5.41) is 2.63. The molecule has 2 aromatic heterocycles. The normalized spacial score (nSPS) is 11.1. The zero-order valence-electron chi connectivity index (χ0n) is 17.5. The Morgan fingerprint density at radius 3 is 2.77 bits per heavy atom. The number of aromatic nitrogens is 3. The third kappa shape index (κ3) is 3.89. The first-order valence-electron chi connectivity index (χ1n) is 9.79. The highest BCUT2D eigenvalue weighted by Gasteiger charge is 2.17. The van der Waals surface area contributed by atoms with E-state index in [-0.39, 0.29) is 11.7 Å². The molecule has 4 aromatic rings. The molecule has 0 fully saturated rings. The van der Waals surface area contributed by atoms with Crippen molar-refractivity contribution in [1.29, 1.82) is 0 Å². The van der Waals surface area contributed by atoms with Gasteiger partial charge in [0.25, 0.3) is 5.91 Å². The number of carbonyl (C=O) groups excluding carboxylic acids is 1. The van der Waals surface area contributed by atoms with Gasteiger partial charge >= 0.3 is 0 Å². The fraction of sp³-hybridized carbons (Fsp3) is 0.217. The molecule has 31 heavy (non-hydrogen) atoms. The van der Waals surface area contributed by atoms with Gasteiger partial charge < -0.3 is 24.3 Å². The van der Waals surface area contributed by atoms with Crippen LogP contribution in [-0.4, -0.2) is 48.3 Å². The molecule has 7 nitrogen and oxygen atoms in total. The van der Waals surface area contributed by atoms with Gasteiger partial charge in [-0.3, -0.25) is 4.79 Å². The van der Waals surface area contributed by atoms with Crippen molar-refractivity contribution in [2.45, 2.75) is 6.54 Å². The second-order valence-electron chi connectivity index (χ2n) is 7.01. The first-order chi connectivity index (χ1) is 15.0. The lowest BCUT2D eigenvalue weighted by atomic mass is 10.1. The number of aromatic amines is 1. The Labute approximate surface area is 178 Å². The number of rotatable bonds is 7. The van der Waals surface area contributed by atoms with E-state index >= 15 is 0 Å². The summed E-state index contributed by atoms with van der Waals surface area (Å²) in [7, 11) is 4.78. The summed E-state index contributed by atoms with van der Waals surface area (Å²) in [6, 6.07) is 11.9. The lowest BCUT2D eigenvalue weighted by Gasteiger charge is -2.08. The minimum atomic E-state index is -0.350. The van der Waals surface area contributed by atoms with Gasteiger partial charge in [0.15, 0.2) is 0 Å². The van der Waals surface area contributed by atoms with Crippen molar-refractivity contribution in [1.82, 2.24) is 19.9 Å². The predicted octanol–water partition coefficient (Wildman–Crippen LogP) is 3.85. The zero-order chi connectivity index (χ0) is 22.0. The van der Waals surface area contributed by atoms with E-state index in [4.69, 9.17) is 14.5 Å². The Morgan fingerprint density at radius 2 is 2.03 bits per heavy atom. The van der Waals surface area contributed by atoms with Crippen LogP contribution in [0.2, 0.25) is 0 Å². The van der Waals surface area contributed by atoms with Crippen molar-refractivity contribution >= 4 is 16.9 Å². The van der Waals surface area contributed by atoms with Gasteiger partial charge in [0.2, 0.25) is 0 Å². The van der Waals surface area contributed by atoms with E-state index in [0.29, 0.717) is 47.1 Å². The maximum atomic E-state index is 14.4. The first-order valence-corrected chi connectivity index (χ1v) is 9.79. The molecule has 160 valence electrons. The maximum absolute atomic E-state index is 14.4. The van der Waals surface area contributed by atoms with Crippen LogP contribution in [0.1, 0.15) is 10.4 Å². The highest BCUT2D eigenvalue weighted by atomic mass is 19.1. The lowest BCUT2D eigenvalue weighted by molar-refractivity contribution is 0.0963. The Bertz CT molecular complexity index is 1250. The van der Waals surface area contributed by atoms with Crippen LogP contribution >= 0.6 is 0 Å². The molecule has 0 atom stereocenters. The third-order valence-electron chi connectivity index (χ3n) is 5.16. The van der Waals surface area contributed by atoms with Gasteiger partial charge in [-0.15, -0.1) is 0 Å². The summed E-state index contributed by atoms with van der Waals surface area (Å²) in [5.41, 5.74) is 3.93. The SMILES string of the molecule is CNC(=O)c1ccc2c(c1)nc(-c1c[nH]c(-c3cc(OC)ccc3F)c1)n2CCOC.